The summed E-state index contributed by atoms with van der Waals surface area (Å²) in [7, 11) is -1.35. The molecule has 0 spiro atoms. The largest absolute Gasteiger partial charge is 0.488 e. The fourth-order valence-electron chi connectivity index (χ4n) is 5.67. The summed E-state index contributed by atoms with van der Waals surface area (Å²) in [6, 6.07) is 53.6. The molecule has 0 atom stereocenters. The van der Waals surface area contributed by atoms with Crippen LogP contribution in [-0.2, 0) is 0 Å². The molecule has 8 aromatic rings. The molecule has 2 nitrogen and oxygen atoms in total. The van der Waals surface area contributed by atoms with Crippen LogP contribution < -0.4 is 5.46 Å². The van der Waals surface area contributed by atoms with E-state index in [0.29, 0.717) is 5.46 Å². The second-order valence-electron chi connectivity index (χ2n) is 11.1. The Morgan fingerprint density at radius 3 is 1.51 bits per heavy atom. The van der Waals surface area contributed by atoms with Crippen LogP contribution >= 0.6 is 27.5 Å². The Kier molecular flexibility index (Phi) is 11.1. The zero-order valence-corrected chi connectivity index (χ0v) is 27.6. The molecule has 0 saturated carbocycles. The summed E-state index contributed by atoms with van der Waals surface area (Å²) in [4.78, 5) is 0. The summed E-state index contributed by atoms with van der Waals surface area (Å²) in [5.41, 5.74) is 4.09. The van der Waals surface area contributed by atoms with E-state index < -0.39 is 7.12 Å². The number of rotatable bonds is 2. The topological polar surface area (TPSA) is 40.5 Å². The van der Waals surface area contributed by atoms with Crippen LogP contribution in [-0.4, -0.2) is 17.2 Å². The first-order valence-electron chi connectivity index (χ1n) is 15.0. The molecule has 0 fully saturated rings. The van der Waals surface area contributed by atoms with Crippen molar-refractivity contribution in [2.24, 2.45) is 0 Å². The highest BCUT2D eigenvalue weighted by atomic mass is 79.9. The van der Waals surface area contributed by atoms with Crippen molar-refractivity contribution in [3.63, 3.8) is 0 Å². The van der Waals surface area contributed by atoms with Crippen LogP contribution in [0.4, 0.5) is 0 Å². The Morgan fingerprint density at radius 1 is 0.511 bits per heavy atom. The summed E-state index contributed by atoms with van der Waals surface area (Å²) < 4.78 is 1.16. The lowest BCUT2D eigenvalue weighted by Crippen LogP contribution is -2.29. The van der Waals surface area contributed by atoms with E-state index in [1.165, 1.54) is 54.2 Å². The highest BCUT2D eigenvalue weighted by Gasteiger charge is 2.09. The van der Waals surface area contributed by atoms with Crippen LogP contribution in [0.2, 0.25) is 5.02 Å². The van der Waals surface area contributed by atoms with Crippen LogP contribution in [0.25, 0.3) is 54.2 Å². The van der Waals surface area contributed by atoms with E-state index >= 15 is 0 Å². The van der Waals surface area contributed by atoms with Crippen molar-refractivity contribution in [2.75, 3.05) is 0 Å². The van der Waals surface area contributed by atoms with Crippen LogP contribution in [0.15, 0.2) is 162 Å². The lowest BCUT2D eigenvalue weighted by Gasteiger charge is -2.11. The highest BCUT2D eigenvalue weighted by molar-refractivity contribution is 9.10. The normalized spacial score (nSPS) is 10.5. The predicted molar refractivity (Wildman–Crippen MR) is 209 cm³/mol. The van der Waals surface area contributed by atoms with Crippen LogP contribution in [0.3, 0.4) is 0 Å². The van der Waals surface area contributed by atoms with Gasteiger partial charge in [-0.1, -0.05) is 174 Å². The molecular weight excluding hydrogens is 663 g/mol. The van der Waals surface area contributed by atoms with E-state index in [2.05, 4.69) is 137 Å². The number of halogens is 2. The minimum Gasteiger partial charge on any atom is -0.423 e. The van der Waals surface area contributed by atoms with Crippen molar-refractivity contribution in [3.05, 3.63) is 173 Å². The predicted octanol–water partition coefficient (Wildman–Crippen LogP) is 11.4. The molecule has 8 aromatic carbocycles. The van der Waals surface area contributed by atoms with Crippen molar-refractivity contribution >= 4 is 83.2 Å². The fraction of sp³-hybridized carbons (Fsp3) is 0.0476. The number of aryl methyl sites for hydroxylation is 1. The second-order valence-corrected chi connectivity index (χ2v) is 12.4. The van der Waals surface area contributed by atoms with Gasteiger partial charge in [-0.15, -0.1) is 0 Å². The second kappa shape index (κ2) is 15.4. The van der Waals surface area contributed by atoms with Gasteiger partial charge in [0.1, 0.15) is 0 Å². The van der Waals surface area contributed by atoms with Gasteiger partial charge in [-0.05, 0) is 90.9 Å². The molecule has 0 radical (unpaired) electrons. The van der Waals surface area contributed by atoms with E-state index in [9.17, 15) is 0 Å². The zero-order chi connectivity index (χ0) is 32.0. The monoisotopic (exact) mass is 696 g/mol. The average molecular weight is 698 g/mol. The smallest absolute Gasteiger partial charge is 0.423 e. The molecule has 5 heteroatoms. The molecule has 0 aliphatic rings. The van der Waals surface area contributed by atoms with Crippen LogP contribution in [0, 0.1) is 6.92 Å². The molecule has 2 N–H and O–H groups in total. The first kappa shape index (κ1) is 33.9. The summed E-state index contributed by atoms with van der Waals surface area (Å²) >= 11 is 9.63. The van der Waals surface area contributed by atoms with Crippen LogP contribution in [0.5, 0.6) is 0 Å². The zero-order valence-electron chi connectivity index (χ0n) is 25.2. The number of benzene rings is 8. The summed E-state index contributed by atoms with van der Waals surface area (Å²) in [5, 5.41) is 28.4. The Balaban J connectivity index is 0.000000147. The van der Waals surface area contributed by atoms with Gasteiger partial charge in [-0.2, -0.15) is 0 Å². The quantitative estimate of drug-likeness (QED) is 0.139. The Labute approximate surface area is 290 Å². The summed E-state index contributed by atoms with van der Waals surface area (Å²) in [5.74, 6) is 0. The lowest BCUT2D eigenvalue weighted by molar-refractivity contribution is 0.426. The van der Waals surface area contributed by atoms with Gasteiger partial charge in [-0.25, -0.2) is 0 Å². The van der Waals surface area contributed by atoms with Gasteiger partial charge < -0.3 is 10.0 Å². The molecule has 0 saturated heterocycles. The van der Waals surface area contributed by atoms with Crippen molar-refractivity contribution in [1.82, 2.24) is 0 Å². The van der Waals surface area contributed by atoms with E-state index in [-0.39, 0.29) is 7.43 Å². The van der Waals surface area contributed by atoms with Crippen molar-refractivity contribution in [3.8, 4) is 11.1 Å². The number of hydrogen-bond donors (Lipinski definition) is 2. The van der Waals surface area contributed by atoms with Gasteiger partial charge >= 0.3 is 7.12 Å². The van der Waals surface area contributed by atoms with Crippen molar-refractivity contribution < 1.29 is 10.0 Å². The maximum Gasteiger partial charge on any atom is 0.488 e. The van der Waals surface area contributed by atoms with Gasteiger partial charge in [0.05, 0.1) is 0 Å². The minimum absolute atomic E-state index is 0. The van der Waals surface area contributed by atoms with E-state index in [4.69, 9.17) is 21.6 Å². The minimum atomic E-state index is -1.35. The molecule has 0 amide bonds. The SMILES string of the molecule is Brc1cc2ccccc2c2ccccc12.C.Cc1ccc(B(O)O)cc1.Clc1ccc(-c2cc3ccccc3c3ccccc23)cc1. The molecule has 0 bridgehead atoms. The molecule has 0 aliphatic heterocycles. The Morgan fingerprint density at radius 2 is 0.957 bits per heavy atom. The van der Waals surface area contributed by atoms with Crippen molar-refractivity contribution in [1.29, 1.82) is 0 Å². The van der Waals surface area contributed by atoms with E-state index in [1.54, 1.807) is 12.1 Å². The Bertz CT molecular complexity index is 2270. The molecule has 8 rings (SSSR count). The molecular formula is C42H35BBrClO2. The molecule has 0 aliphatic carbocycles. The standard InChI is InChI=1S/C20H13Cl.C14H9Br.C7H9BO2.CH4/c21-16-11-9-14(10-12-16)20-13-15-5-1-2-6-17(15)18-7-3-4-8-19(18)20;15-14-9-10-5-1-2-6-11(10)12-7-3-4-8-13(12)14;1-6-2-4-7(5-3-6)8(9)10;/h1-13H;1-9H;2-5,9-10H,1H3;1H4. The first-order chi connectivity index (χ1) is 22.4. The molecule has 0 heterocycles. The molecule has 0 unspecified atom stereocenters. The summed E-state index contributed by atoms with van der Waals surface area (Å²) in [6.07, 6.45) is 0. The maximum atomic E-state index is 8.67. The van der Waals surface area contributed by atoms with Gasteiger partial charge in [0, 0.05) is 9.50 Å². The maximum absolute atomic E-state index is 8.67. The average Bonchev–Trinajstić information content (AvgIpc) is 3.09. The van der Waals surface area contributed by atoms with E-state index in [0.717, 1.165) is 15.1 Å². The summed E-state index contributed by atoms with van der Waals surface area (Å²) in [6.45, 7) is 1.95. The van der Waals surface area contributed by atoms with Crippen molar-refractivity contribution in [2.45, 2.75) is 14.4 Å². The number of fused-ring (bicyclic) bond motifs is 6. The first-order valence-corrected chi connectivity index (χ1v) is 16.2. The molecule has 232 valence electrons. The third-order valence-corrected chi connectivity index (χ3v) is 8.92. The lowest BCUT2D eigenvalue weighted by atomic mass is 9.80. The highest BCUT2D eigenvalue weighted by Crippen LogP contribution is 2.35. The van der Waals surface area contributed by atoms with Gasteiger partial charge in [0.2, 0.25) is 0 Å². The van der Waals surface area contributed by atoms with Gasteiger partial charge in [-0.3, -0.25) is 0 Å². The molecule has 0 aromatic heterocycles. The number of hydrogen-bond acceptors (Lipinski definition) is 2. The van der Waals surface area contributed by atoms with Gasteiger partial charge in [0.15, 0.2) is 0 Å². The van der Waals surface area contributed by atoms with Gasteiger partial charge in [0.25, 0.3) is 0 Å². The molecule has 47 heavy (non-hydrogen) atoms. The fourth-order valence-corrected chi connectivity index (χ4v) is 6.39. The van der Waals surface area contributed by atoms with Crippen LogP contribution in [0.1, 0.15) is 13.0 Å². The Hall–Kier alpha value is -4.45. The third kappa shape index (κ3) is 7.76. The van der Waals surface area contributed by atoms with E-state index in [1.807, 2.05) is 31.2 Å². The third-order valence-electron chi connectivity index (χ3n) is 8.02.